The van der Waals surface area contributed by atoms with Gasteiger partial charge in [0.2, 0.25) is 0 Å². The van der Waals surface area contributed by atoms with Crippen LogP contribution in [0.4, 0.5) is 0 Å². The van der Waals surface area contributed by atoms with E-state index in [4.69, 9.17) is 5.41 Å². The lowest BCUT2D eigenvalue weighted by Gasteiger charge is -1.95. The van der Waals surface area contributed by atoms with Gasteiger partial charge in [-0.05, 0) is 12.8 Å². The zero-order valence-electron chi connectivity index (χ0n) is 5.84. The second kappa shape index (κ2) is 7.41. The Morgan fingerprint density at radius 3 is 2.33 bits per heavy atom. The van der Waals surface area contributed by atoms with Crippen LogP contribution in [0.2, 0.25) is 0 Å². The highest BCUT2D eigenvalue weighted by Crippen LogP contribution is 2.01. The summed E-state index contributed by atoms with van der Waals surface area (Å²) in [6.45, 7) is 3.62. The molecule has 0 spiro atoms. The fourth-order valence-electron chi connectivity index (χ4n) is 0.701. The van der Waals surface area contributed by atoms with Crippen molar-refractivity contribution in [3.05, 3.63) is 18.1 Å². The van der Waals surface area contributed by atoms with E-state index in [1.807, 2.05) is 6.08 Å². The van der Waals surface area contributed by atoms with Crippen LogP contribution < -0.4 is 0 Å². The summed E-state index contributed by atoms with van der Waals surface area (Å²) in [6, 6.07) is 0. The Kier molecular flexibility index (Phi) is 6.92. The molecule has 0 atom stereocenters. The highest BCUT2D eigenvalue weighted by atomic mass is 14.3. The summed E-state index contributed by atoms with van der Waals surface area (Å²) in [5, 5.41) is 8.28. The number of allylic oxidation sites excluding steroid dienone is 1. The molecule has 0 saturated carbocycles. The summed E-state index contributed by atoms with van der Waals surface area (Å²) >= 11 is 0. The molecule has 0 bridgehead atoms. The van der Waals surface area contributed by atoms with Gasteiger partial charge in [0.05, 0.1) is 0 Å². The second-order valence-corrected chi connectivity index (χ2v) is 2.11. The van der Waals surface area contributed by atoms with Crippen molar-refractivity contribution in [2.24, 2.45) is 0 Å². The third kappa shape index (κ3) is 7.41. The maximum Gasteiger partial charge on any atom is -0.0353 e. The van der Waals surface area contributed by atoms with Gasteiger partial charge in [-0.25, -0.2) is 6.21 Å². The van der Waals surface area contributed by atoms with Crippen LogP contribution in [-0.4, -0.2) is 6.21 Å². The Morgan fingerprint density at radius 2 is 1.78 bits per heavy atom. The van der Waals surface area contributed by atoms with Gasteiger partial charge in [0.1, 0.15) is 0 Å². The third-order valence-electron chi connectivity index (χ3n) is 1.24. The predicted molar refractivity (Wildman–Crippen MR) is 42.7 cm³/mol. The number of unbranched alkanes of at least 4 members (excludes halogenated alkanes) is 4. The van der Waals surface area contributed by atoms with Crippen LogP contribution >= 0.6 is 0 Å². The molecule has 0 amide bonds. The van der Waals surface area contributed by atoms with Gasteiger partial charge in [-0.2, -0.15) is 0 Å². The summed E-state index contributed by atoms with van der Waals surface area (Å²) in [5.41, 5.74) is 0. The minimum Gasteiger partial charge on any atom is -0.814 e. The maximum absolute atomic E-state index is 8.28. The first-order chi connectivity index (χ1) is 4.41. The summed E-state index contributed by atoms with van der Waals surface area (Å²) < 4.78 is 0. The highest BCUT2D eigenvalue weighted by molar-refractivity contribution is 5.60. The fraction of sp³-hybridized carbons (Fsp3) is 0.625. The lowest BCUT2D eigenvalue weighted by atomic mass is 10.1. The van der Waals surface area contributed by atoms with E-state index in [-0.39, 0.29) is 0 Å². The average Bonchev–Trinajstić information content (AvgIpc) is 1.89. The minimum absolute atomic E-state index is 0.830. The van der Waals surface area contributed by atoms with Gasteiger partial charge in [-0.1, -0.05) is 25.3 Å². The van der Waals surface area contributed by atoms with Crippen LogP contribution in [-0.2, 0) is 0 Å². The van der Waals surface area contributed by atoms with Crippen molar-refractivity contribution in [2.45, 2.75) is 32.1 Å². The molecule has 0 aromatic carbocycles. The van der Waals surface area contributed by atoms with Crippen molar-refractivity contribution in [3.8, 4) is 0 Å². The van der Waals surface area contributed by atoms with Crippen molar-refractivity contribution < 1.29 is 0 Å². The summed E-state index contributed by atoms with van der Waals surface area (Å²) in [4.78, 5) is 0. The second-order valence-electron chi connectivity index (χ2n) is 2.11. The van der Waals surface area contributed by atoms with Crippen molar-refractivity contribution in [2.75, 3.05) is 0 Å². The van der Waals surface area contributed by atoms with Crippen molar-refractivity contribution in [3.63, 3.8) is 0 Å². The van der Waals surface area contributed by atoms with Gasteiger partial charge < -0.3 is 5.41 Å². The molecule has 0 N–H and O–H groups in total. The van der Waals surface area contributed by atoms with Gasteiger partial charge in [0.25, 0.3) is 0 Å². The van der Waals surface area contributed by atoms with Crippen molar-refractivity contribution in [1.82, 2.24) is 0 Å². The Balaban J connectivity index is 2.74. The van der Waals surface area contributed by atoms with Gasteiger partial charge >= 0.3 is 0 Å². The lowest BCUT2D eigenvalue weighted by molar-refractivity contribution is 0.711. The smallest absolute Gasteiger partial charge is 0.0353 e. The Labute approximate surface area is 57.3 Å². The van der Waals surface area contributed by atoms with Crippen LogP contribution in [0.3, 0.4) is 0 Å². The lowest BCUT2D eigenvalue weighted by Crippen LogP contribution is -1.76. The molecule has 0 aliphatic rings. The molecule has 0 aromatic rings. The summed E-state index contributed by atoms with van der Waals surface area (Å²) in [5.74, 6) is 0. The highest BCUT2D eigenvalue weighted by Gasteiger charge is 1.81. The minimum atomic E-state index is 0.830. The topological polar surface area (TPSA) is 22.3 Å². The molecule has 0 heterocycles. The standard InChI is InChI=1S/C8H14N/c1-2-3-4-5-6-7-8-9/h2,8H,1,3-7H2/q-1. The first-order valence-electron chi connectivity index (χ1n) is 3.48. The molecule has 9 heavy (non-hydrogen) atoms. The van der Waals surface area contributed by atoms with Crippen LogP contribution in [0.1, 0.15) is 32.1 Å². The van der Waals surface area contributed by atoms with E-state index in [0.717, 1.165) is 19.3 Å². The summed E-state index contributed by atoms with van der Waals surface area (Å²) in [6.07, 6.45) is 8.60. The fourth-order valence-corrected chi connectivity index (χ4v) is 0.701. The molecule has 0 aliphatic carbocycles. The molecule has 0 radical (unpaired) electrons. The van der Waals surface area contributed by atoms with E-state index in [1.165, 1.54) is 19.1 Å². The molecule has 0 rings (SSSR count). The van der Waals surface area contributed by atoms with E-state index in [2.05, 4.69) is 6.58 Å². The molecule has 0 aliphatic heterocycles. The maximum atomic E-state index is 8.28. The molecule has 0 fully saturated rings. The monoisotopic (exact) mass is 124 g/mol. The number of rotatable bonds is 6. The van der Waals surface area contributed by atoms with Crippen molar-refractivity contribution in [1.29, 1.82) is 0 Å². The van der Waals surface area contributed by atoms with Crippen LogP contribution in [0.15, 0.2) is 12.7 Å². The molecule has 1 heteroatoms. The van der Waals surface area contributed by atoms with Gasteiger partial charge in [0, 0.05) is 0 Å². The zero-order chi connectivity index (χ0) is 6.95. The van der Waals surface area contributed by atoms with E-state index < -0.39 is 0 Å². The molecule has 0 saturated heterocycles. The SMILES string of the molecule is C=CCCCCCC=[N-]. The first-order valence-corrected chi connectivity index (χ1v) is 3.48. The zero-order valence-corrected chi connectivity index (χ0v) is 5.84. The average molecular weight is 124 g/mol. The number of nitrogens with zero attached hydrogens (tertiary/aromatic N) is 1. The van der Waals surface area contributed by atoms with Crippen LogP contribution in [0, 0.1) is 0 Å². The number of hydrogen-bond donors (Lipinski definition) is 0. The molecular formula is C8H14N-. The first kappa shape index (κ1) is 8.41. The van der Waals surface area contributed by atoms with E-state index >= 15 is 0 Å². The van der Waals surface area contributed by atoms with E-state index in [1.54, 1.807) is 0 Å². The molecule has 1 nitrogen and oxygen atoms in total. The Morgan fingerprint density at radius 1 is 1.11 bits per heavy atom. The number of hydrogen-bond acceptors (Lipinski definition) is 0. The molecule has 52 valence electrons. The third-order valence-corrected chi connectivity index (χ3v) is 1.24. The van der Waals surface area contributed by atoms with Crippen molar-refractivity contribution >= 4 is 6.21 Å². The Hall–Kier alpha value is -0.590. The van der Waals surface area contributed by atoms with Crippen LogP contribution in [0.5, 0.6) is 0 Å². The van der Waals surface area contributed by atoms with Gasteiger partial charge in [-0.15, -0.1) is 6.58 Å². The Bertz CT molecular complexity index is 66.6. The van der Waals surface area contributed by atoms with Crippen LogP contribution in [0.25, 0.3) is 5.41 Å². The van der Waals surface area contributed by atoms with Gasteiger partial charge in [0.15, 0.2) is 0 Å². The molecule has 0 aromatic heterocycles. The quantitative estimate of drug-likeness (QED) is 0.295. The largest absolute Gasteiger partial charge is 0.814 e. The summed E-state index contributed by atoms with van der Waals surface area (Å²) in [7, 11) is 0. The normalized spacial score (nSPS) is 8.89. The molecular weight excluding hydrogens is 110 g/mol. The van der Waals surface area contributed by atoms with E-state index in [9.17, 15) is 0 Å². The van der Waals surface area contributed by atoms with Gasteiger partial charge in [-0.3, -0.25) is 0 Å². The van der Waals surface area contributed by atoms with E-state index in [0.29, 0.717) is 0 Å². The predicted octanol–water partition coefficient (Wildman–Crippen LogP) is 2.76. The molecule has 0 unspecified atom stereocenters.